The van der Waals surface area contributed by atoms with Crippen LogP contribution in [0.5, 0.6) is 0 Å². The highest BCUT2D eigenvalue weighted by atomic mass is 16.5. The summed E-state index contributed by atoms with van der Waals surface area (Å²) in [5.74, 6) is 0. The van der Waals surface area contributed by atoms with E-state index in [4.69, 9.17) is 4.74 Å². The number of methoxy groups -OCH3 is 1. The van der Waals surface area contributed by atoms with Gasteiger partial charge in [0.2, 0.25) is 0 Å². The Kier molecular flexibility index (Phi) is 4.17. The van der Waals surface area contributed by atoms with E-state index in [0.29, 0.717) is 12.6 Å². The van der Waals surface area contributed by atoms with Crippen molar-refractivity contribution in [2.45, 2.75) is 44.8 Å². The second-order valence-electron chi connectivity index (χ2n) is 4.41. The number of nitrogens with one attached hydrogen (secondary N) is 1. The molecule has 0 aliphatic heterocycles. The van der Waals surface area contributed by atoms with Crippen LogP contribution in [0.1, 0.15) is 37.8 Å². The van der Waals surface area contributed by atoms with Gasteiger partial charge in [-0.1, -0.05) is 19.3 Å². The molecule has 1 aliphatic rings. The van der Waals surface area contributed by atoms with Crippen LogP contribution in [0.25, 0.3) is 0 Å². The molecule has 1 saturated carbocycles. The average molecular weight is 220 g/mol. The van der Waals surface area contributed by atoms with E-state index in [1.807, 2.05) is 12.3 Å². The summed E-state index contributed by atoms with van der Waals surface area (Å²) in [5.41, 5.74) is 2.15. The Morgan fingerprint density at radius 3 is 2.94 bits per heavy atom. The summed E-state index contributed by atoms with van der Waals surface area (Å²) < 4.78 is 5.16. The maximum Gasteiger partial charge on any atom is 0.0905 e. The van der Waals surface area contributed by atoms with Crippen LogP contribution >= 0.6 is 0 Å². The van der Waals surface area contributed by atoms with Gasteiger partial charge in [0.25, 0.3) is 0 Å². The number of ether oxygens (including phenoxy) is 1. The molecular weight excluding hydrogens is 200 g/mol. The molecule has 16 heavy (non-hydrogen) atoms. The molecule has 1 aromatic rings. The van der Waals surface area contributed by atoms with Gasteiger partial charge >= 0.3 is 0 Å². The van der Waals surface area contributed by atoms with E-state index in [0.717, 1.165) is 11.4 Å². The van der Waals surface area contributed by atoms with Crippen LogP contribution in [-0.2, 0) is 11.3 Å². The van der Waals surface area contributed by atoms with Gasteiger partial charge in [-0.2, -0.15) is 0 Å². The van der Waals surface area contributed by atoms with Gasteiger partial charge in [-0.25, -0.2) is 0 Å². The fraction of sp³-hybridized carbons (Fsp3) is 0.615. The van der Waals surface area contributed by atoms with Gasteiger partial charge in [-0.15, -0.1) is 0 Å². The second-order valence-corrected chi connectivity index (χ2v) is 4.41. The normalized spacial score (nSPS) is 17.3. The van der Waals surface area contributed by atoms with Crippen molar-refractivity contribution in [1.82, 2.24) is 4.98 Å². The minimum atomic E-state index is 0.579. The van der Waals surface area contributed by atoms with Crippen molar-refractivity contribution in [2.24, 2.45) is 0 Å². The number of nitrogens with zero attached hydrogens (tertiary/aromatic N) is 1. The van der Waals surface area contributed by atoms with Crippen LogP contribution in [0.4, 0.5) is 5.69 Å². The van der Waals surface area contributed by atoms with Gasteiger partial charge < -0.3 is 10.1 Å². The van der Waals surface area contributed by atoms with Crippen LogP contribution in [0.15, 0.2) is 18.3 Å². The summed E-state index contributed by atoms with van der Waals surface area (Å²) in [6.45, 7) is 0.579. The first kappa shape index (κ1) is 11.4. The minimum Gasteiger partial charge on any atom is -0.381 e. The maximum absolute atomic E-state index is 5.16. The van der Waals surface area contributed by atoms with E-state index >= 15 is 0 Å². The Labute approximate surface area is 97.2 Å². The van der Waals surface area contributed by atoms with Gasteiger partial charge in [0.05, 0.1) is 18.0 Å². The van der Waals surface area contributed by atoms with E-state index < -0.39 is 0 Å². The lowest BCUT2D eigenvalue weighted by atomic mass is 9.95. The van der Waals surface area contributed by atoms with E-state index in [1.165, 1.54) is 32.1 Å². The molecular formula is C13H20N2O. The number of anilines is 1. The molecule has 0 aromatic carbocycles. The highest BCUT2D eigenvalue weighted by Crippen LogP contribution is 2.23. The Morgan fingerprint density at radius 2 is 2.19 bits per heavy atom. The van der Waals surface area contributed by atoms with Gasteiger partial charge in [0.15, 0.2) is 0 Å². The number of rotatable bonds is 4. The first-order chi connectivity index (χ1) is 7.90. The van der Waals surface area contributed by atoms with Crippen molar-refractivity contribution in [2.75, 3.05) is 12.4 Å². The topological polar surface area (TPSA) is 34.1 Å². The lowest BCUT2D eigenvalue weighted by Crippen LogP contribution is -2.23. The predicted octanol–water partition coefficient (Wildman–Crippen LogP) is 2.97. The van der Waals surface area contributed by atoms with Gasteiger partial charge in [0, 0.05) is 19.3 Å². The first-order valence-corrected chi connectivity index (χ1v) is 6.09. The molecule has 0 bridgehead atoms. The average Bonchev–Trinajstić information content (AvgIpc) is 2.33. The Morgan fingerprint density at radius 1 is 1.38 bits per heavy atom. The monoisotopic (exact) mass is 220 g/mol. The summed E-state index contributed by atoms with van der Waals surface area (Å²) in [6, 6.07) is 4.69. The van der Waals surface area contributed by atoms with Crippen LogP contribution in [0, 0.1) is 0 Å². The minimum absolute atomic E-state index is 0.579. The van der Waals surface area contributed by atoms with Crippen molar-refractivity contribution < 1.29 is 4.74 Å². The van der Waals surface area contributed by atoms with E-state index in [-0.39, 0.29) is 0 Å². The number of pyridine rings is 1. The zero-order valence-electron chi connectivity index (χ0n) is 9.91. The number of hydrogen-bond acceptors (Lipinski definition) is 3. The summed E-state index contributed by atoms with van der Waals surface area (Å²) in [5, 5.41) is 3.59. The molecule has 0 amide bonds. The molecule has 0 saturated heterocycles. The fourth-order valence-corrected chi connectivity index (χ4v) is 2.29. The summed E-state index contributed by atoms with van der Waals surface area (Å²) >= 11 is 0. The van der Waals surface area contributed by atoms with E-state index in [2.05, 4.69) is 16.4 Å². The molecule has 1 fully saturated rings. The highest BCUT2D eigenvalue weighted by Gasteiger charge is 2.14. The molecule has 0 unspecified atom stereocenters. The van der Waals surface area contributed by atoms with Gasteiger partial charge in [-0.05, 0) is 25.0 Å². The summed E-state index contributed by atoms with van der Waals surface area (Å²) in [4.78, 5) is 4.35. The Balaban J connectivity index is 2.01. The molecule has 1 aromatic heterocycles. The maximum atomic E-state index is 5.16. The Bertz CT molecular complexity index is 321. The third-order valence-electron chi connectivity index (χ3n) is 3.14. The first-order valence-electron chi connectivity index (χ1n) is 6.09. The quantitative estimate of drug-likeness (QED) is 0.847. The molecule has 1 N–H and O–H groups in total. The molecule has 0 radical (unpaired) electrons. The lowest BCUT2D eigenvalue weighted by Gasteiger charge is -2.24. The zero-order chi connectivity index (χ0) is 11.2. The highest BCUT2D eigenvalue weighted by molar-refractivity contribution is 5.48. The predicted molar refractivity (Wildman–Crippen MR) is 65.4 cm³/mol. The zero-order valence-corrected chi connectivity index (χ0v) is 9.91. The third kappa shape index (κ3) is 2.95. The van der Waals surface area contributed by atoms with Gasteiger partial charge in [-0.3, -0.25) is 4.98 Å². The SMILES string of the molecule is COCc1ncccc1NC1CCCCC1. The van der Waals surface area contributed by atoms with Crippen molar-refractivity contribution in [1.29, 1.82) is 0 Å². The van der Waals surface area contributed by atoms with E-state index in [1.54, 1.807) is 7.11 Å². The van der Waals surface area contributed by atoms with Crippen molar-refractivity contribution in [3.8, 4) is 0 Å². The smallest absolute Gasteiger partial charge is 0.0905 e. The Hall–Kier alpha value is -1.09. The summed E-state index contributed by atoms with van der Waals surface area (Å²) in [7, 11) is 1.71. The molecule has 88 valence electrons. The van der Waals surface area contributed by atoms with Crippen LogP contribution in [-0.4, -0.2) is 18.1 Å². The van der Waals surface area contributed by atoms with Crippen LogP contribution in [0.2, 0.25) is 0 Å². The van der Waals surface area contributed by atoms with Crippen LogP contribution < -0.4 is 5.32 Å². The molecule has 3 heteroatoms. The van der Waals surface area contributed by atoms with Crippen LogP contribution in [0.3, 0.4) is 0 Å². The van der Waals surface area contributed by atoms with E-state index in [9.17, 15) is 0 Å². The van der Waals surface area contributed by atoms with Crippen molar-refractivity contribution >= 4 is 5.69 Å². The largest absolute Gasteiger partial charge is 0.381 e. The fourth-order valence-electron chi connectivity index (χ4n) is 2.29. The molecule has 1 heterocycles. The second kappa shape index (κ2) is 5.85. The number of hydrogen-bond donors (Lipinski definition) is 1. The standard InChI is InChI=1S/C13H20N2O/c1-16-10-13-12(8-5-9-14-13)15-11-6-3-2-4-7-11/h5,8-9,11,15H,2-4,6-7,10H2,1H3. The van der Waals surface area contributed by atoms with Crippen molar-refractivity contribution in [3.63, 3.8) is 0 Å². The molecule has 3 nitrogen and oxygen atoms in total. The lowest BCUT2D eigenvalue weighted by molar-refractivity contribution is 0.182. The number of aromatic nitrogens is 1. The molecule has 0 spiro atoms. The molecule has 2 rings (SSSR count). The molecule has 1 aliphatic carbocycles. The van der Waals surface area contributed by atoms with Gasteiger partial charge in [0.1, 0.15) is 0 Å². The summed E-state index contributed by atoms with van der Waals surface area (Å²) in [6.07, 6.45) is 8.45. The molecule has 0 atom stereocenters. The van der Waals surface area contributed by atoms with Crippen molar-refractivity contribution in [3.05, 3.63) is 24.0 Å². The third-order valence-corrected chi connectivity index (χ3v) is 3.14.